The molecule has 3 nitrogen and oxygen atoms in total. The zero-order chi connectivity index (χ0) is 10.4. The van der Waals surface area contributed by atoms with E-state index in [2.05, 4.69) is 0 Å². The highest BCUT2D eigenvalue weighted by Crippen LogP contribution is 2.11. The first kappa shape index (κ1) is 10.9. The number of carbonyl (C=O) groups excluding carboxylic acids is 1. The average molecular weight is 193 g/mol. The van der Waals surface area contributed by atoms with Gasteiger partial charge in [0, 0.05) is 12.0 Å². The van der Waals surface area contributed by atoms with Crippen LogP contribution in [0.1, 0.15) is 28.8 Å². The van der Waals surface area contributed by atoms with Gasteiger partial charge in [-0.25, -0.2) is 0 Å². The molecule has 0 bridgehead atoms. The molecule has 76 valence electrons. The number of hydrogen-bond acceptors (Lipinski definition) is 3. The fraction of sp³-hybridized carbons (Fsp3) is 0.364. The molecule has 0 atom stereocenters. The Morgan fingerprint density at radius 2 is 2.07 bits per heavy atom. The van der Waals surface area contributed by atoms with E-state index in [9.17, 15) is 4.79 Å². The Kier molecular flexibility index (Phi) is 4.29. The van der Waals surface area contributed by atoms with Crippen LogP contribution in [-0.4, -0.2) is 17.4 Å². The highest BCUT2D eigenvalue weighted by molar-refractivity contribution is 5.97. The van der Waals surface area contributed by atoms with Gasteiger partial charge in [-0.1, -0.05) is 24.3 Å². The van der Waals surface area contributed by atoms with E-state index in [0.717, 1.165) is 0 Å². The second kappa shape index (κ2) is 5.52. The van der Waals surface area contributed by atoms with Crippen LogP contribution in [0.3, 0.4) is 0 Å². The summed E-state index contributed by atoms with van der Waals surface area (Å²) in [7, 11) is 0. The lowest BCUT2D eigenvalue weighted by Crippen LogP contribution is -2.07. The minimum absolute atomic E-state index is 0.0556. The minimum atomic E-state index is -0.0927. The van der Waals surface area contributed by atoms with Crippen LogP contribution in [-0.2, 0) is 6.61 Å². The molecule has 0 saturated carbocycles. The maximum absolute atomic E-state index is 11.6. The molecule has 1 aromatic carbocycles. The summed E-state index contributed by atoms with van der Waals surface area (Å²) in [6.07, 6.45) is 1.14. The van der Waals surface area contributed by atoms with Gasteiger partial charge in [-0.2, -0.15) is 0 Å². The molecular weight excluding hydrogens is 178 g/mol. The number of aliphatic hydroxyl groups is 1. The molecule has 3 heteroatoms. The van der Waals surface area contributed by atoms with Crippen LogP contribution in [0.25, 0.3) is 0 Å². The summed E-state index contributed by atoms with van der Waals surface area (Å²) in [6.45, 7) is 0.428. The van der Waals surface area contributed by atoms with Crippen LogP contribution in [0.5, 0.6) is 0 Å². The Balaban J connectivity index is 2.78. The Morgan fingerprint density at radius 1 is 1.36 bits per heavy atom. The summed E-state index contributed by atoms with van der Waals surface area (Å²) >= 11 is 0. The van der Waals surface area contributed by atoms with Gasteiger partial charge in [0.25, 0.3) is 0 Å². The lowest BCUT2D eigenvalue weighted by molar-refractivity contribution is 0.0977. The second-order valence-electron chi connectivity index (χ2n) is 3.13. The highest BCUT2D eigenvalue weighted by atomic mass is 16.3. The number of Topliss-reactive ketones (excluding diaryl/α,β-unsaturated/α-hetero) is 1. The van der Waals surface area contributed by atoms with Gasteiger partial charge < -0.3 is 10.8 Å². The molecule has 0 aliphatic rings. The van der Waals surface area contributed by atoms with Crippen molar-refractivity contribution in [3.05, 3.63) is 35.4 Å². The summed E-state index contributed by atoms with van der Waals surface area (Å²) in [4.78, 5) is 11.6. The standard InChI is InChI=1S/C11H15NO2/c12-7-3-6-11(14)10-5-2-1-4-9(10)8-13/h1-2,4-5,13H,3,6-8,12H2. The molecule has 0 spiro atoms. The van der Waals surface area contributed by atoms with Gasteiger partial charge in [0.15, 0.2) is 5.78 Å². The van der Waals surface area contributed by atoms with Crippen LogP contribution in [0.2, 0.25) is 0 Å². The minimum Gasteiger partial charge on any atom is -0.392 e. The van der Waals surface area contributed by atoms with E-state index < -0.39 is 0 Å². The quantitative estimate of drug-likeness (QED) is 0.688. The van der Waals surface area contributed by atoms with Gasteiger partial charge in [0.2, 0.25) is 0 Å². The zero-order valence-electron chi connectivity index (χ0n) is 8.07. The number of aliphatic hydroxyl groups excluding tert-OH is 1. The Labute approximate surface area is 83.6 Å². The maximum atomic E-state index is 11.6. The third-order valence-corrected chi connectivity index (χ3v) is 2.10. The molecule has 0 amide bonds. The van der Waals surface area contributed by atoms with Crippen molar-refractivity contribution in [2.24, 2.45) is 5.73 Å². The SMILES string of the molecule is NCCCC(=O)c1ccccc1CO. The van der Waals surface area contributed by atoms with Gasteiger partial charge >= 0.3 is 0 Å². The van der Waals surface area contributed by atoms with Gasteiger partial charge in [-0.15, -0.1) is 0 Å². The first-order valence-corrected chi connectivity index (χ1v) is 4.71. The van der Waals surface area contributed by atoms with E-state index >= 15 is 0 Å². The van der Waals surface area contributed by atoms with Crippen LogP contribution < -0.4 is 5.73 Å². The van der Waals surface area contributed by atoms with Gasteiger partial charge in [-0.05, 0) is 18.5 Å². The molecular formula is C11H15NO2. The van der Waals surface area contributed by atoms with Crippen LogP contribution in [0, 0.1) is 0 Å². The lowest BCUT2D eigenvalue weighted by Gasteiger charge is -2.05. The first-order valence-electron chi connectivity index (χ1n) is 4.71. The largest absolute Gasteiger partial charge is 0.392 e. The van der Waals surface area contributed by atoms with Gasteiger partial charge in [0.05, 0.1) is 6.61 Å². The average Bonchev–Trinajstić information content (AvgIpc) is 2.25. The monoisotopic (exact) mass is 193 g/mol. The third kappa shape index (κ3) is 2.65. The van der Waals surface area contributed by atoms with Crippen molar-refractivity contribution in [2.45, 2.75) is 19.4 Å². The molecule has 0 saturated heterocycles. The normalized spacial score (nSPS) is 10.1. The molecule has 0 radical (unpaired) electrons. The molecule has 0 fully saturated rings. The molecule has 0 aliphatic carbocycles. The van der Waals surface area contributed by atoms with Gasteiger partial charge in [0.1, 0.15) is 0 Å². The Bertz CT molecular complexity index is 310. The number of rotatable bonds is 5. The van der Waals surface area contributed by atoms with Gasteiger partial charge in [-0.3, -0.25) is 4.79 Å². The molecule has 3 N–H and O–H groups in total. The van der Waals surface area contributed by atoms with E-state index in [4.69, 9.17) is 10.8 Å². The highest BCUT2D eigenvalue weighted by Gasteiger charge is 2.08. The second-order valence-corrected chi connectivity index (χ2v) is 3.13. The molecule has 1 aromatic rings. The van der Waals surface area contributed by atoms with Crippen LogP contribution >= 0.6 is 0 Å². The summed E-state index contributed by atoms with van der Waals surface area (Å²) in [6, 6.07) is 7.11. The van der Waals surface area contributed by atoms with E-state index in [1.54, 1.807) is 18.2 Å². The maximum Gasteiger partial charge on any atom is 0.163 e. The fourth-order valence-corrected chi connectivity index (χ4v) is 1.33. The van der Waals surface area contributed by atoms with Crippen molar-refractivity contribution in [1.29, 1.82) is 0 Å². The third-order valence-electron chi connectivity index (χ3n) is 2.10. The van der Waals surface area contributed by atoms with Crippen molar-refractivity contribution < 1.29 is 9.90 Å². The number of carbonyl (C=O) groups is 1. The molecule has 1 rings (SSSR count). The van der Waals surface area contributed by atoms with E-state index in [1.807, 2.05) is 6.07 Å². The molecule has 0 heterocycles. The number of nitrogens with two attached hydrogens (primary N) is 1. The topological polar surface area (TPSA) is 63.3 Å². The van der Waals surface area contributed by atoms with Crippen LogP contribution in [0.4, 0.5) is 0 Å². The summed E-state index contributed by atoms with van der Waals surface area (Å²) in [5.74, 6) is 0.0556. The van der Waals surface area contributed by atoms with Crippen LogP contribution in [0.15, 0.2) is 24.3 Å². The van der Waals surface area contributed by atoms with E-state index in [1.165, 1.54) is 0 Å². The molecule has 0 unspecified atom stereocenters. The molecule has 14 heavy (non-hydrogen) atoms. The van der Waals surface area contributed by atoms with Crippen molar-refractivity contribution in [2.75, 3.05) is 6.54 Å². The Morgan fingerprint density at radius 3 is 2.71 bits per heavy atom. The predicted molar refractivity (Wildman–Crippen MR) is 55.0 cm³/mol. The first-order chi connectivity index (χ1) is 6.79. The lowest BCUT2D eigenvalue weighted by atomic mass is 10.0. The van der Waals surface area contributed by atoms with Crippen molar-refractivity contribution in [1.82, 2.24) is 0 Å². The smallest absolute Gasteiger partial charge is 0.163 e. The fourth-order valence-electron chi connectivity index (χ4n) is 1.33. The predicted octanol–water partition coefficient (Wildman–Crippen LogP) is 1.10. The zero-order valence-corrected chi connectivity index (χ0v) is 8.07. The van der Waals surface area contributed by atoms with Crippen molar-refractivity contribution in [3.63, 3.8) is 0 Å². The number of hydrogen-bond donors (Lipinski definition) is 2. The van der Waals surface area contributed by atoms with E-state index in [0.29, 0.717) is 30.5 Å². The van der Waals surface area contributed by atoms with Crippen molar-refractivity contribution in [3.8, 4) is 0 Å². The molecule has 0 aromatic heterocycles. The Hall–Kier alpha value is -1.19. The number of benzene rings is 1. The summed E-state index contributed by atoms with van der Waals surface area (Å²) in [5, 5.41) is 9.02. The van der Waals surface area contributed by atoms with Crippen molar-refractivity contribution >= 4 is 5.78 Å². The number of ketones is 1. The summed E-state index contributed by atoms with van der Waals surface area (Å²) < 4.78 is 0. The van der Waals surface area contributed by atoms with E-state index in [-0.39, 0.29) is 12.4 Å². The summed E-state index contributed by atoms with van der Waals surface area (Å²) in [5.41, 5.74) is 6.63. The molecule has 0 aliphatic heterocycles.